The van der Waals surface area contributed by atoms with Gasteiger partial charge in [0.25, 0.3) is 11.6 Å². The average Bonchev–Trinajstić information content (AvgIpc) is 2.55. The fourth-order valence-corrected chi connectivity index (χ4v) is 2.59. The maximum atomic E-state index is 12.2. The molecule has 1 saturated heterocycles. The molecule has 0 aromatic heterocycles. The summed E-state index contributed by atoms with van der Waals surface area (Å²) in [5, 5.41) is 13.6. The molecule has 0 atom stereocenters. The Hall–Kier alpha value is -2.15. The first kappa shape index (κ1) is 16.2. The topological polar surface area (TPSA) is 84.7 Å². The van der Waals surface area contributed by atoms with E-state index in [4.69, 9.17) is 4.74 Å². The van der Waals surface area contributed by atoms with Crippen LogP contribution in [0.3, 0.4) is 0 Å². The molecule has 7 nitrogen and oxygen atoms in total. The van der Waals surface area contributed by atoms with Gasteiger partial charge in [-0.05, 0) is 32.0 Å². The number of rotatable bonds is 6. The summed E-state index contributed by atoms with van der Waals surface area (Å²) in [6.07, 6.45) is 3.71. The Morgan fingerprint density at radius 1 is 1.36 bits per heavy atom. The van der Waals surface area contributed by atoms with Gasteiger partial charge >= 0.3 is 0 Å². The van der Waals surface area contributed by atoms with Crippen LogP contribution in [0.5, 0.6) is 5.75 Å². The molecule has 0 bridgehead atoms. The minimum Gasteiger partial charge on any atom is -0.496 e. The van der Waals surface area contributed by atoms with Gasteiger partial charge in [-0.1, -0.05) is 6.42 Å². The Balaban J connectivity index is 1.92. The van der Waals surface area contributed by atoms with E-state index in [1.54, 1.807) is 0 Å². The van der Waals surface area contributed by atoms with Gasteiger partial charge in [-0.25, -0.2) is 0 Å². The third kappa shape index (κ3) is 4.17. The van der Waals surface area contributed by atoms with Crippen molar-refractivity contribution in [1.29, 1.82) is 0 Å². The highest BCUT2D eigenvalue weighted by Crippen LogP contribution is 2.24. The Labute approximate surface area is 129 Å². The predicted molar refractivity (Wildman–Crippen MR) is 82.3 cm³/mol. The van der Waals surface area contributed by atoms with Crippen molar-refractivity contribution in [3.05, 3.63) is 33.9 Å². The van der Waals surface area contributed by atoms with Gasteiger partial charge in [0.2, 0.25) is 0 Å². The van der Waals surface area contributed by atoms with Crippen LogP contribution in [0.1, 0.15) is 29.6 Å². The number of likely N-dealkylation sites (tertiary alicyclic amines) is 1. The number of hydrogen-bond donors (Lipinski definition) is 1. The van der Waals surface area contributed by atoms with Crippen LogP contribution in [0.25, 0.3) is 0 Å². The number of ether oxygens (including phenoxy) is 1. The summed E-state index contributed by atoms with van der Waals surface area (Å²) in [6.45, 7) is 3.54. The molecule has 1 N–H and O–H groups in total. The second-order valence-electron chi connectivity index (χ2n) is 5.30. The Morgan fingerprint density at radius 2 is 2.09 bits per heavy atom. The zero-order valence-electron chi connectivity index (χ0n) is 12.7. The van der Waals surface area contributed by atoms with Crippen LogP contribution >= 0.6 is 0 Å². The normalized spacial score (nSPS) is 15.3. The summed E-state index contributed by atoms with van der Waals surface area (Å²) in [6, 6.07) is 3.99. The van der Waals surface area contributed by atoms with E-state index in [2.05, 4.69) is 10.2 Å². The largest absolute Gasteiger partial charge is 0.496 e. The van der Waals surface area contributed by atoms with E-state index in [9.17, 15) is 14.9 Å². The standard InChI is InChI=1S/C15H21N3O4/c1-22-14-11-12(18(20)21)5-6-13(14)15(19)16-7-10-17-8-3-2-4-9-17/h5-6,11H,2-4,7-10H2,1H3,(H,16,19). The number of nitrogens with zero attached hydrogens (tertiary/aromatic N) is 2. The van der Waals surface area contributed by atoms with Crippen LogP contribution in [-0.4, -0.2) is 49.0 Å². The van der Waals surface area contributed by atoms with E-state index in [-0.39, 0.29) is 17.3 Å². The van der Waals surface area contributed by atoms with Crippen LogP contribution < -0.4 is 10.1 Å². The summed E-state index contributed by atoms with van der Waals surface area (Å²) in [4.78, 5) is 24.7. The van der Waals surface area contributed by atoms with Gasteiger partial charge in [0.1, 0.15) is 5.75 Å². The molecule has 0 spiro atoms. The number of nitro groups is 1. The molecule has 1 amide bonds. The first-order valence-electron chi connectivity index (χ1n) is 7.45. The molecule has 1 heterocycles. The summed E-state index contributed by atoms with van der Waals surface area (Å²) in [5.74, 6) is -0.0616. The number of non-ortho nitro benzene ring substituents is 1. The number of benzene rings is 1. The summed E-state index contributed by atoms with van der Waals surface area (Å²) >= 11 is 0. The Kier molecular flexibility index (Phi) is 5.71. The molecule has 22 heavy (non-hydrogen) atoms. The summed E-state index contributed by atoms with van der Waals surface area (Å²) in [7, 11) is 1.39. The molecule has 7 heteroatoms. The van der Waals surface area contributed by atoms with Crippen molar-refractivity contribution < 1.29 is 14.5 Å². The zero-order valence-corrected chi connectivity index (χ0v) is 12.7. The van der Waals surface area contributed by atoms with Gasteiger partial charge in [-0.3, -0.25) is 14.9 Å². The van der Waals surface area contributed by atoms with E-state index >= 15 is 0 Å². The fraction of sp³-hybridized carbons (Fsp3) is 0.533. The average molecular weight is 307 g/mol. The number of methoxy groups -OCH3 is 1. The van der Waals surface area contributed by atoms with Crippen molar-refractivity contribution in [2.75, 3.05) is 33.3 Å². The molecular formula is C15H21N3O4. The van der Waals surface area contributed by atoms with Crippen molar-refractivity contribution in [3.63, 3.8) is 0 Å². The van der Waals surface area contributed by atoms with Crippen LogP contribution in [0.15, 0.2) is 18.2 Å². The van der Waals surface area contributed by atoms with Crippen molar-refractivity contribution in [1.82, 2.24) is 10.2 Å². The van der Waals surface area contributed by atoms with Gasteiger partial charge in [0.15, 0.2) is 0 Å². The number of piperidine rings is 1. The highest BCUT2D eigenvalue weighted by Gasteiger charge is 2.17. The molecule has 1 aliphatic rings. The molecule has 0 saturated carbocycles. The maximum absolute atomic E-state index is 12.2. The van der Waals surface area contributed by atoms with Crippen LogP contribution in [0.2, 0.25) is 0 Å². The van der Waals surface area contributed by atoms with E-state index in [0.717, 1.165) is 19.6 Å². The molecule has 0 radical (unpaired) electrons. The number of carbonyl (C=O) groups is 1. The van der Waals surface area contributed by atoms with Crippen LogP contribution in [0, 0.1) is 10.1 Å². The number of hydrogen-bond acceptors (Lipinski definition) is 5. The predicted octanol–water partition coefficient (Wildman–Crippen LogP) is 1.82. The highest BCUT2D eigenvalue weighted by molar-refractivity contribution is 5.97. The fourth-order valence-electron chi connectivity index (χ4n) is 2.59. The van der Waals surface area contributed by atoms with Gasteiger partial charge in [-0.2, -0.15) is 0 Å². The monoisotopic (exact) mass is 307 g/mol. The number of nitrogens with one attached hydrogen (secondary N) is 1. The lowest BCUT2D eigenvalue weighted by Crippen LogP contribution is -2.37. The van der Waals surface area contributed by atoms with Crippen molar-refractivity contribution >= 4 is 11.6 Å². The number of amides is 1. The number of nitro benzene ring substituents is 1. The Morgan fingerprint density at radius 3 is 2.73 bits per heavy atom. The Bertz CT molecular complexity index is 542. The van der Waals surface area contributed by atoms with Gasteiger partial charge in [-0.15, -0.1) is 0 Å². The van der Waals surface area contributed by atoms with Gasteiger partial charge in [0, 0.05) is 19.2 Å². The third-order valence-electron chi connectivity index (χ3n) is 3.80. The smallest absolute Gasteiger partial charge is 0.273 e. The van der Waals surface area contributed by atoms with E-state index < -0.39 is 4.92 Å². The molecule has 1 fully saturated rings. The van der Waals surface area contributed by atoms with Crippen molar-refractivity contribution in [2.24, 2.45) is 0 Å². The maximum Gasteiger partial charge on any atom is 0.273 e. The quantitative estimate of drug-likeness (QED) is 0.640. The highest BCUT2D eigenvalue weighted by atomic mass is 16.6. The lowest BCUT2D eigenvalue weighted by Gasteiger charge is -2.26. The summed E-state index contributed by atoms with van der Waals surface area (Å²) in [5.41, 5.74) is 0.216. The van der Waals surface area contributed by atoms with Crippen molar-refractivity contribution in [3.8, 4) is 5.75 Å². The molecule has 2 rings (SSSR count). The molecule has 0 aliphatic carbocycles. The van der Waals surface area contributed by atoms with Crippen LogP contribution in [0.4, 0.5) is 5.69 Å². The molecular weight excluding hydrogens is 286 g/mol. The lowest BCUT2D eigenvalue weighted by molar-refractivity contribution is -0.384. The lowest BCUT2D eigenvalue weighted by atomic mass is 10.1. The molecule has 120 valence electrons. The van der Waals surface area contributed by atoms with Crippen LogP contribution in [-0.2, 0) is 0 Å². The second kappa shape index (κ2) is 7.74. The second-order valence-corrected chi connectivity index (χ2v) is 5.30. The SMILES string of the molecule is COc1cc([N+](=O)[O-])ccc1C(=O)NCCN1CCCCC1. The summed E-state index contributed by atoms with van der Waals surface area (Å²) < 4.78 is 5.08. The molecule has 1 aliphatic heterocycles. The molecule has 1 aromatic carbocycles. The zero-order chi connectivity index (χ0) is 15.9. The van der Waals surface area contributed by atoms with Crippen molar-refractivity contribution in [2.45, 2.75) is 19.3 Å². The first-order valence-corrected chi connectivity index (χ1v) is 7.45. The van der Waals surface area contributed by atoms with E-state index in [1.165, 1.54) is 44.6 Å². The number of carbonyl (C=O) groups excluding carboxylic acids is 1. The minimum absolute atomic E-state index is 0.0956. The molecule has 0 unspecified atom stereocenters. The van der Waals surface area contributed by atoms with E-state index in [0.29, 0.717) is 12.1 Å². The van der Waals surface area contributed by atoms with E-state index in [1.807, 2.05) is 0 Å². The van der Waals surface area contributed by atoms with Gasteiger partial charge < -0.3 is 15.0 Å². The van der Waals surface area contributed by atoms with Gasteiger partial charge in [0.05, 0.1) is 23.7 Å². The molecule has 1 aromatic rings. The minimum atomic E-state index is -0.513. The first-order chi connectivity index (χ1) is 10.6. The third-order valence-corrected chi connectivity index (χ3v) is 3.80.